The van der Waals surface area contributed by atoms with Gasteiger partial charge in [0, 0.05) is 11.0 Å². The largest absolute Gasteiger partial charge is 0.445 e. The van der Waals surface area contributed by atoms with E-state index in [1.807, 2.05) is 42.5 Å². The smallest absolute Gasteiger partial charge is 0.407 e. The lowest BCUT2D eigenvalue weighted by Gasteiger charge is -2.06. The molecule has 2 aromatic rings. The molecule has 0 bridgehead atoms. The highest BCUT2D eigenvalue weighted by Crippen LogP contribution is 2.18. The number of benzene rings is 2. The van der Waals surface area contributed by atoms with Crippen molar-refractivity contribution in [3.63, 3.8) is 0 Å². The van der Waals surface area contributed by atoms with Gasteiger partial charge in [-0.3, -0.25) is 0 Å². The van der Waals surface area contributed by atoms with E-state index in [1.165, 1.54) is 5.56 Å². The number of ether oxygens (including phenoxy) is 1. The number of nitrogens with one attached hydrogen (secondary N) is 1. The molecule has 23 heavy (non-hydrogen) atoms. The van der Waals surface area contributed by atoms with E-state index in [9.17, 15) is 4.79 Å². The van der Waals surface area contributed by atoms with Crippen LogP contribution in [0.15, 0.2) is 59.1 Å². The van der Waals surface area contributed by atoms with Crippen molar-refractivity contribution < 1.29 is 9.53 Å². The topological polar surface area (TPSA) is 38.3 Å². The van der Waals surface area contributed by atoms with Gasteiger partial charge in [-0.2, -0.15) is 0 Å². The third-order valence-electron chi connectivity index (χ3n) is 3.30. The molecule has 0 atom stereocenters. The average Bonchev–Trinajstić information content (AvgIpc) is 2.57. The highest BCUT2D eigenvalue weighted by Gasteiger charge is 2.00. The molecule has 2 rings (SSSR count). The maximum Gasteiger partial charge on any atom is 0.407 e. The Morgan fingerprint density at radius 2 is 2.00 bits per heavy atom. The van der Waals surface area contributed by atoms with Crippen molar-refractivity contribution >= 4 is 28.1 Å². The fourth-order valence-corrected chi connectivity index (χ4v) is 2.36. The lowest BCUT2D eigenvalue weighted by atomic mass is 10.1. The fourth-order valence-electron chi connectivity index (χ4n) is 1.96. The Hall–Kier alpha value is -2.07. The minimum absolute atomic E-state index is 0.292. The molecule has 120 valence electrons. The van der Waals surface area contributed by atoms with Crippen LogP contribution in [0.4, 0.5) is 4.79 Å². The van der Waals surface area contributed by atoms with Crippen molar-refractivity contribution in [3.05, 3.63) is 75.8 Å². The van der Waals surface area contributed by atoms with Crippen LogP contribution in [0.1, 0.15) is 23.1 Å². The van der Waals surface area contributed by atoms with Crippen molar-refractivity contribution in [1.29, 1.82) is 0 Å². The molecule has 0 spiro atoms. The monoisotopic (exact) mass is 373 g/mol. The van der Waals surface area contributed by atoms with Crippen LogP contribution in [0.2, 0.25) is 0 Å². The van der Waals surface area contributed by atoms with Crippen LogP contribution in [0.3, 0.4) is 0 Å². The first-order valence-corrected chi connectivity index (χ1v) is 8.31. The number of hydrogen-bond donors (Lipinski definition) is 1. The van der Waals surface area contributed by atoms with Gasteiger partial charge >= 0.3 is 6.09 Å². The summed E-state index contributed by atoms with van der Waals surface area (Å²) in [7, 11) is 0. The Bertz CT molecular complexity index is 668. The van der Waals surface area contributed by atoms with E-state index in [0.717, 1.165) is 22.0 Å². The summed E-state index contributed by atoms with van der Waals surface area (Å²) in [4.78, 5) is 11.6. The van der Waals surface area contributed by atoms with Gasteiger partial charge in [0.2, 0.25) is 0 Å². The van der Waals surface area contributed by atoms with E-state index in [2.05, 4.69) is 46.4 Å². The van der Waals surface area contributed by atoms with E-state index in [4.69, 9.17) is 4.74 Å². The van der Waals surface area contributed by atoms with Gasteiger partial charge < -0.3 is 10.1 Å². The Kier molecular flexibility index (Phi) is 6.88. The molecule has 0 aromatic heterocycles. The molecule has 0 aliphatic carbocycles. The number of halogens is 1. The molecule has 0 radical (unpaired) electrons. The van der Waals surface area contributed by atoms with Gasteiger partial charge in [0.1, 0.15) is 6.61 Å². The number of aryl methyl sites for hydroxylation is 1. The highest BCUT2D eigenvalue weighted by molar-refractivity contribution is 9.10. The molecule has 0 saturated heterocycles. The van der Waals surface area contributed by atoms with Gasteiger partial charge in [-0.05, 0) is 36.1 Å². The quantitative estimate of drug-likeness (QED) is 0.716. The second-order valence-electron chi connectivity index (χ2n) is 5.19. The van der Waals surface area contributed by atoms with E-state index < -0.39 is 0 Å². The molecule has 0 fully saturated rings. The second-order valence-corrected chi connectivity index (χ2v) is 6.04. The van der Waals surface area contributed by atoms with Crippen molar-refractivity contribution in [2.24, 2.45) is 0 Å². The summed E-state index contributed by atoms with van der Waals surface area (Å²) in [5.74, 6) is 0. The lowest BCUT2D eigenvalue weighted by molar-refractivity contribution is 0.140. The van der Waals surface area contributed by atoms with Crippen LogP contribution in [0.25, 0.3) is 6.08 Å². The molecular formula is C19H20BrNO2. The van der Waals surface area contributed by atoms with E-state index in [-0.39, 0.29) is 6.09 Å². The summed E-state index contributed by atoms with van der Waals surface area (Å²) >= 11 is 3.52. The Balaban J connectivity index is 1.65. The lowest BCUT2D eigenvalue weighted by Crippen LogP contribution is -2.24. The molecule has 4 heteroatoms. The average molecular weight is 374 g/mol. The van der Waals surface area contributed by atoms with Crippen molar-refractivity contribution in [1.82, 2.24) is 5.32 Å². The molecule has 0 aliphatic rings. The standard InChI is InChI=1S/C19H20BrNO2/c1-15-10-11-16(13-18(15)20)7-5-6-12-21-19(22)23-14-17-8-3-2-4-9-17/h2-5,7-11,13H,6,12,14H2,1H3,(H,21,22). The first-order chi connectivity index (χ1) is 11.1. The number of rotatable bonds is 6. The fraction of sp³-hybridized carbons (Fsp3) is 0.211. The number of amides is 1. The first-order valence-electron chi connectivity index (χ1n) is 7.52. The van der Waals surface area contributed by atoms with Crippen LogP contribution in [0, 0.1) is 6.92 Å². The molecule has 3 nitrogen and oxygen atoms in total. The number of carbonyl (C=O) groups excluding carboxylic acids is 1. The zero-order chi connectivity index (χ0) is 16.5. The van der Waals surface area contributed by atoms with Crippen LogP contribution < -0.4 is 5.32 Å². The van der Waals surface area contributed by atoms with E-state index >= 15 is 0 Å². The zero-order valence-corrected chi connectivity index (χ0v) is 14.7. The van der Waals surface area contributed by atoms with Crippen molar-refractivity contribution in [2.75, 3.05) is 6.54 Å². The summed E-state index contributed by atoms with van der Waals surface area (Å²) in [6, 6.07) is 15.8. The maximum absolute atomic E-state index is 11.6. The molecule has 0 saturated carbocycles. The predicted molar refractivity (Wildman–Crippen MR) is 97.2 cm³/mol. The molecule has 1 N–H and O–H groups in total. The van der Waals surface area contributed by atoms with Crippen molar-refractivity contribution in [3.8, 4) is 0 Å². The molecular weight excluding hydrogens is 354 g/mol. The van der Waals surface area contributed by atoms with Crippen LogP contribution in [-0.4, -0.2) is 12.6 Å². The summed E-state index contributed by atoms with van der Waals surface area (Å²) < 4.78 is 6.24. The first kappa shape index (κ1) is 17.3. The van der Waals surface area contributed by atoms with Gasteiger partial charge in [-0.25, -0.2) is 4.79 Å². The summed E-state index contributed by atoms with van der Waals surface area (Å²) in [6.45, 7) is 2.90. The summed E-state index contributed by atoms with van der Waals surface area (Å²) in [6.07, 6.45) is 4.45. The Morgan fingerprint density at radius 1 is 1.22 bits per heavy atom. The van der Waals surface area contributed by atoms with Crippen LogP contribution >= 0.6 is 15.9 Å². The van der Waals surface area contributed by atoms with Gasteiger partial charge in [0.15, 0.2) is 0 Å². The van der Waals surface area contributed by atoms with Crippen LogP contribution in [-0.2, 0) is 11.3 Å². The molecule has 1 amide bonds. The third-order valence-corrected chi connectivity index (χ3v) is 4.15. The number of alkyl carbamates (subject to hydrolysis) is 1. The third kappa shape index (κ3) is 6.28. The number of hydrogen-bond acceptors (Lipinski definition) is 2. The maximum atomic E-state index is 11.6. The van der Waals surface area contributed by atoms with E-state index in [0.29, 0.717) is 13.2 Å². The van der Waals surface area contributed by atoms with Crippen molar-refractivity contribution in [2.45, 2.75) is 20.0 Å². The van der Waals surface area contributed by atoms with E-state index in [1.54, 1.807) is 0 Å². The minimum atomic E-state index is -0.389. The predicted octanol–water partition coefficient (Wildman–Crippen LogP) is 5.09. The summed E-state index contributed by atoms with van der Waals surface area (Å²) in [5, 5.41) is 2.74. The summed E-state index contributed by atoms with van der Waals surface area (Å²) in [5.41, 5.74) is 3.33. The van der Waals surface area contributed by atoms with Gasteiger partial charge in [-0.1, -0.05) is 70.5 Å². The SMILES string of the molecule is Cc1ccc(C=CCCNC(=O)OCc2ccccc2)cc1Br. The Morgan fingerprint density at radius 3 is 2.74 bits per heavy atom. The molecule has 0 unspecified atom stereocenters. The van der Waals surface area contributed by atoms with Gasteiger partial charge in [0.25, 0.3) is 0 Å². The highest BCUT2D eigenvalue weighted by atomic mass is 79.9. The van der Waals surface area contributed by atoms with Crippen LogP contribution in [0.5, 0.6) is 0 Å². The Labute approximate surface area is 145 Å². The minimum Gasteiger partial charge on any atom is -0.445 e. The second kappa shape index (κ2) is 9.16. The zero-order valence-electron chi connectivity index (χ0n) is 13.1. The normalized spacial score (nSPS) is 10.7. The molecule has 2 aromatic carbocycles. The number of carbonyl (C=O) groups is 1. The molecule has 0 heterocycles. The van der Waals surface area contributed by atoms with Gasteiger partial charge in [-0.15, -0.1) is 0 Å². The molecule has 0 aliphatic heterocycles. The van der Waals surface area contributed by atoms with Gasteiger partial charge in [0.05, 0.1) is 0 Å².